The average molecular weight is 312 g/mol. The summed E-state index contributed by atoms with van der Waals surface area (Å²) in [5.41, 5.74) is 0.927. The molecule has 96 valence electrons. The van der Waals surface area contributed by atoms with Crippen LogP contribution in [0.4, 0.5) is 0 Å². The molecule has 0 aromatic carbocycles. The number of nitrogens with zero attached hydrogens (tertiary/aromatic N) is 2. The van der Waals surface area contributed by atoms with Gasteiger partial charge in [-0.1, -0.05) is 0 Å². The van der Waals surface area contributed by atoms with Crippen molar-refractivity contribution in [3.05, 3.63) is 40.5 Å². The minimum absolute atomic E-state index is 0.0925. The molecule has 0 saturated carbocycles. The summed E-state index contributed by atoms with van der Waals surface area (Å²) in [7, 11) is 0. The molecule has 0 fully saturated rings. The van der Waals surface area contributed by atoms with Crippen LogP contribution < -0.4 is 5.32 Å². The molecule has 0 unspecified atom stereocenters. The molecular weight excluding hydrogens is 298 g/mol. The van der Waals surface area contributed by atoms with Crippen molar-refractivity contribution in [3.8, 4) is 0 Å². The Morgan fingerprint density at radius 3 is 3.00 bits per heavy atom. The van der Waals surface area contributed by atoms with Crippen LogP contribution in [-0.2, 0) is 11.3 Å². The molecular formula is C12H14BrN3O2. The van der Waals surface area contributed by atoms with Crippen LogP contribution >= 0.6 is 15.9 Å². The minimum Gasteiger partial charge on any atom is -0.467 e. The number of carbonyl (C=O) groups is 1. The van der Waals surface area contributed by atoms with Gasteiger partial charge in [-0.3, -0.25) is 9.48 Å². The maximum Gasteiger partial charge on any atom is 0.244 e. The summed E-state index contributed by atoms with van der Waals surface area (Å²) in [5.74, 6) is 0.638. The van der Waals surface area contributed by atoms with Crippen LogP contribution in [0.15, 0.2) is 33.5 Å². The molecule has 0 spiro atoms. The fraction of sp³-hybridized carbons (Fsp3) is 0.333. The molecule has 1 amide bonds. The lowest BCUT2D eigenvalue weighted by Crippen LogP contribution is -2.31. The molecule has 1 atom stereocenters. The van der Waals surface area contributed by atoms with E-state index in [1.807, 2.05) is 19.9 Å². The van der Waals surface area contributed by atoms with E-state index < -0.39 is 0 Å². The zero-order valence-corrected chi connectivity index (χ0v) is 11.8. The van der Waals surface area contributed by atoms with Crippen molar-refractivity contribution in [1.29, 1.82) is 0 Å². The molecule has 1 N–H and O–H groups in total. The number of hydrogen-bond acceptors (Lipinski definition) is 3. The Labute approximate surface area is 113 Å². The van der Waals surface area contributed by atoms with Crippen LogP contribution in [0.1, 0.15) is 24.4 Å². The average Bonchev–Trinajstić information content (AvgIpc) is 2.97. The monoisotopic (exact) mass is 311 g/mol. The fourth-order valence-electron chi connectivity index (χ4n) is 1.64. The molecule has 2 rings (SSSR count). The second-order valence-corrected chi connectivity index (χ2v) is 4.85. The van der Waals surface area contributed by atoms with Crippen LogP contribution in [0.2, 0.25) is 0 Å². The predicted molar refractivity (Wildman–Crippen MR) is 69.9 cm³/mol. The molecule has 0 aliphatic heterocycles. The largest absolute Gasteiger partial charge is 0.467 e. The summed E-state index contributed by atoms with van der Waals surface area (Å²) >= 11 is 3.37. The lowest BCUT2D eigenvalue weighted by molar-refractivity contribution is -0.124. The third-order valence-electron chi connectivity index (χ3n) is 2.75. The Bertz CT molecular complexity index is 534. The molecule has 2 aromatic rings. The highest BCUT2D eigenvalue weighted by atomic mass is 79.9. The standard InChI is InChI=1S/C12H14BrN3O2/c1-8-11(13)7-15-16(8)9(2)12(17)14-6-10-4-3-5-18-10/h3-5,7,9H,6H2,1-2H3,(H,14,17)/t9-/m1/s1. The first kappa shape index (κ1) is 12.9. The highest BCUT2D eigenvalue weighted by Crippen LogP contribution is 2.18. The number of amides is 1. The van der Waals surface area contributed by atoms with Gasteiger partial charge in [0, 0.05) is 0 Å². The van der Waals surface area contributed by atoms with Crippen molar-refractivity contribution in [3.63, 3.8) is 0 Å². The van der Waals surface area contributed by atoms with E-state index in [0.717, 1.165) is 15.9 Å². The van der Waals surface area contributed by atoms with Gasteiger partial charge in [0.05, 0.1) is 29.2 Å². The van der Waals surface area contributed by atoms with E-state index in [9.17, 15) is 4.79 Å². The zero-order chi connectivity index (χ0) is 13.1. The summed E-state index contributed by atoms with van der Waals surface area (Å²) in [6.45, 7) is 4.11. The number of halogens is 1. The van der Waals surface area contributed by atoms with Gasteiger partial charge in [0.1, 0.15) is 11.8 Å². The lowest BCUT2D eigenvalue weighted by atomic mass is 10.3. The molecule has 18 heavy (non-hydrogen) atoms. The van der Waals surface area contributed by atoms with E-state index in [1.165, 1.54) is 0 Å². The minimum atomic E-state index is -0.355. The molecule has 0 radical (unpaired) electrons. The second kappa shape index (κ2) is 5.39. The Balaban J connectivity index is 1.98. The molecule has 2 aromatic heterocycles. The topological polar surface area (TPSA) is 60.1 Å². The number of furan rings is 1. The van der Waals surface area contributed by atoms with Gasteiger partial charge in [-0.15, -0.1) is 0 Å². The lowest BCUT2D eigenvalue weighted by Gasteiger charge is -2.13. The third kappa shape index (κ3) is 2.64. The van der Waals surface area contributed by atoms with Gasteiger partial charge < -0.3 is 9.73 Å². The van der Waals surface area contributed by atoms with Gasteiger partial charge in [0.25, 0.3) is 0 Å². The van der Waals surface area contributed by atoms with Crippen LogP contribution in [0.25, 0.3) is 0 Å². The van der Waals surface area contributed by atoms with Gasteiger partial charge in [0.2, 0.25) is 5.91 Å². The normalized spacial score (nSPS) is 12.4. The van der Waals surface area contributed by atoms with E-state index in [2.05, 4.69) is 26.3 Å². The van der Waals surface area contributed by atoms with Crippen LogP contribution in [-0.4, -0.2) is 15.7 Å². The number of aromatic nitrogens is 2. The van der Waals surface area contributed by atoms with Crippen LogP contribution in [0, 0.1) is 6.92 Å². The maximum atomic E-state index is 12.0. The third-order valence-corrected chi connectivity index (χ3v) is 3.53. The zero-order valence-electron chi connectivity index (χ0n) is 10.2. The van der Waals surface area contributed by atoms with Crippen molar-refractivity contribution < 1.29 is 9.21 Å². The van der Waals surface area contributed by atoms with Crippen molar-refractivity contribution in [1.82, 2.24) is 15.1 Å². The predicted octanol–water partition coefficient (Wildman–Crippen LogP) is 2.42. The summed E-state index contributed by atoms with van der Waals surface area (Å²) in [5, 5.41) is 6.98. The van der Waals surface area contributed by atoms with Gasteiger partial charge >= 0.3 is 0 Å². The first-order chi connectivity index (χ1) is 8.59. The molecule has 6 heteroatoms. The maximum absolute atomic E-state index is 12.0. The Morgan fingerprint density at radius 2 is 2.44 bits per heavy atom. The van der Waals surface area contributed by atoms with Gasteiger partial charge in [0.15, 0.2) is 0 Å². The van der Waals surface area contributed by atoms with E-state index in [1.54, 1.807) is 23.2 Å². The molecule has 0 saturated heterocycles. The second-order valence-electron chi connectivity index (χ2n) is 4.00. The van der Waals surface area contributed by atoms with E-state index in [0.29, 0.717) is 6.54 Å². The fourth-order valence-corrected chi connectivity index (χ4v) is 1.91. The number of hydrogen-bond donors (Lipinski definition) is 1. The number of rotatable bonds is 4. The Kier molecular flexibility index (Phi) is 3.86. The Hall–Kier alpha value is -1.56. The van der Waals surface area contributed by atoms with Crippen molar-refractivity contribution in [2.24, 2.45) is 0 Å². The first-order valence-electron chi connectivity index (χ1n) is 5.59. The molecule has 0 bridgehead atoms. The van der Waals surface area contributed by atoms with Crippen molar-refractivity contribution in [2.45, 2.75) is 26.4 Å². The molecule has 0 aliphatic carbocycles. The quantitative estimate of drug-likeness (QED) is 0.943. The number of nitrogens with one attached hydrogen (secondary N) is 1. The Morgan fingerprint density at radius 1 is 1.67 bits per heavy atom. The van der Waals surface area contributed by atoms with E-state index in [4.69, 9.17) is 4.42 Å². The highest BCUT2D eigenvalue weighted by molar-refractivity contribution is 9.10. The highest BCUT2D eigenvalue weighted by Gasteiger charge is 2.18. The van der Waals surface area contributed by atoms with Crippen molar-refractivity contribution >= 4 is 21.8 Å². The van der Waals surface area contributed by atoms with Crippen LogP contribution in [0.5, 0.6) is 0 Å². The van der Waals surface area contributed by atoms with Crippen molar-refractivity contribution in [2.75, 3.05) is 0 Å². The smallest absolute Gasteiger partial charge is 0.244 e. The summed E-state index contributed by atoms with van der Waals surface area (Å²) < 4.78 is 7.73. The SMILES string of the molecule is Cc1c(Br)cnn1[C@H](C)C(=O)NCc1ccco1. The molecule has 0 aliphatic rings. The molecule has 2 heterocycles. The van der Waals surface area contributed by atoms with E-state index in [-0.39, 0.29) is 11.9 Å². The number of carbonyl (C=O) groups excluding carboxylic acids is 1. The summed E-state index contributed by atoms with van der Waals surface area (Å²) in [4.78, 5) is 12.0. The summed E-state index contributed by atoms with van der Waals surface area (Å²) in [6.07, 6.45) is 3.27. The van der Waals surface area contributed by atoms with E-state index >= 15 is 0 Å². The van der Waals surface area contributed by atoms with Gasteiger partial charge in [-0.2, -0.15) is 5.10 Å². The van der Waals surface area contributed by atoms with Gasteiger partial charge in [-0.25, -0.2) is 0 Å². The van der Waals surface area contributed by atoms with Gasteiger partial charge in [-0.05, 0) is 41.9 Å². The molecule has 5 nitrogen and oxygen atoms in total. The van der Waals surface area contributed by atoms with Crippen LogP contribution in [0.3, 0.4) is 0 Å². The first-order valence-corrected chi connectivity index (χ1v) is 6.38. The summed E-state index contributed by atoms with van der Waals surface area (Å²) in [6, 6.07) is 3.26.